The highest BCUT2D eigenvalue weighted by Gasteiger charge is 2.22. The summed E-state index contributed by atoms with van der Waals surface area (Å²) in [4.78, 5) is 17.5. The molecule has 1 aliphatic rings. The van der Waals surface area contributed by atoms with Crippen LogP contribution in [0, 0.1) is 0 Å². The lowest BCUT2D eigenvalue weighted by Crippen LogP contribution is -2.17. The van der Waals surface area contributed by atoms with Crippen molar-refractivity contribution in [2.75, 3.05) is 6.61 Å². The summed E-state index contributed by atoms with van der Waals surface area (Å²) in [6, 6.07) is 9.17. The molecule has 0 amide bonds. The minimum atomic E-state index is -0.0699. The van der Waals surface area contributed by atoms with E-state index in [0.717, 1.165) is 41.7 Å². The third kappa shape index (κ3) is 4.02. The van der Waals surface area contributed by atoms with E-state index in [1.807, 2.05) is 29.6 Å². The van der Waals surface area contributed by atoms with E-state index >= 15 is 0 Å². The Labute approximate surface area is 185 Å². The first-order chi connectivity index (χ1) is 14.7. The van der Waals surface area contributed by atoms with Crippen molar-refractivity contribution in [3.8, 4) is 11.4 Å². The van der Waals surface area contributed by atoms with Crippen LogP contribution in [0.1, 0.15) is 18.5 Å². The Morgan fingerprint density at radius 3 is 2.93 bits per heavy atom. The molecule has 1 atom stereocenters. The number of ether oxygens (including phenoxy) is 1. The number of rotatable bonds is 6. The Balaban J connectivity index is 1.44. The van der Waals surface area contributed by atoms with E-state index in [9.17, 15) is 4.79 Å². The molecule has 0 saturated carbocycles. The van der Waals surface area contributed by atoms with Gasteiger partial charge in [0.2, 0.25) is 0 Å². The lowest BCUT2D eigenvalue weighted by atomic mass is 10.2. The fourth-order valence-electron chi connectivity index (χ4n) is 3.46. The highest BCUT2D eigenvalue weighted by atomic mass is 35.5. The zero-order chi connectivity index (χ0) is 20.5. The number of hydrogen-bond donors (Lipinski definition) is 0. The molecule has 30 heavy (non-hydrogen) atoms. The summed E-state index contributed by atoms with van der Waals surface area (Å²) in [5.74, 6) is 1.32. The van der Waals surface area contributed by atoms with E-state index in [4.69, 9.17) is 16.3 Å². The number of thioether (sulfide) groups is 1. The molecule has 5 rings (SSSR count). The monoisotopic (exact) mass is 459 g/mol. The Morgan fingerprint density at radius 2 is 2.13 bits per heavy atom. The van der Waals surface area contributed by atoms with Gasteiger partial charge in [0.25, 0.3) is 5.56 Å². The molecule has 3 aromatic heterocycles. The van der Waals surface area contributed by atoms with Crippen LogP contribution in [0.2, 0.25) is 5.02 Å². The first-order valence-electron chi connectivity index (χ1n) is 9.57. The van der Waals surface area contributed by atoms with Crippen molar-refractivity contribution in [2.24, 2.45) is 0 Å². The van der Waals surface area contributed by atoms with Crippen LogP contribution in [-0.4, -0.2) is 36.9 Å². The number of aromatic nitrogens is 5. The second kappa shape index (κ2) is 8.50. The number of fused-ring (bicyclic) bond motifs is 1. The van der Waals surface area contributed by atoms with Gasteiger partial charge in [0, 0.05) is 40.6 Å². The third-order valence-electron chi connectivity index (χ3n) is 4.93. The largest absolute Gasteiger partial charge is 0.376 e. The number of thiazole rings is 1. The van der Waals surface area contributed by atoms with Crippen molar-refractivity contribution in [3.05, 3.63) is 63.0 Å². The van der Waals surface area contributed by atoms with Gasteiger partial charge in [0.1, 0.15) is 0 Å². The molecule has 0 aliphatic carbocycles. The van der Waals surface area contributed by atoms with Crippen molar-refractivity contribution in [1.82, 2.24) is 24.1 Å². The van der Waals surface area contributed by atoms with Gasteiger partial charge < -0.3 is 4.74 Å². The van der Waals surface area contributed by atoms with Crippen molar-refractivity contribution in [1.29, 1.82) is 0 Å². The van der Waals surface area contributed by atoms with Gasteiger partial charge in [-0.1, -0.05) is 23.4 Å². The summed E-state index contributed by atoms with van der Waals surface area (Å²) in [5.41, 5.74) is 1.61. The van der Waals surface area contributed by atoms with Gasteiger partial charge in [0.15, 0.2) is 15.9 Å². The second-order valence-corrected chi connectivity index (χ2v) is 9.24. The average molecular weight is 460 g/mol. The number of nitrogens with zero attached hydrogens (tertiary/aromatic N) is 5. The van der Waals surface area contributed by atoms with Gasteiger partial charge in [-0.05, 0) is 37.1 Å². The maximum absolute atomic E-state index is 12.2. The maximum Gasteiger partial charge on any atom is 0.258 e. The molecule has 1 aliphatic heterocycles. The Kier molecular flexibility index (Phi) is 5.60. The van der Waals surface area contributed by atoms with E-state index in [0.29, 0.717) is 22.3 Å². The first kappa shape index (κ1) is 19.7. The molecule has 0 bridgehead atoms. The number of hydrogen-bond acceptors (Lipinski definition) is 7. The van der Waals surface area contributed by atoms with Gasteiger partial charge in [-0.15, -0.1) is 21.5 Å². The normalized spacial score (nSPS) is 16.5. The first-order valence-corrected chi connectivity index (χ1v) is 11.8. The predicted octanol–water partition coefficient (Wildman–Crippen LogP) is 4.14. The molecule has 4 heterocycles. The van der Waals surface area contributed by atoms with Crippen LogP contribution in [0.5, 0.6) is 0 Å². The van der Waals surface area contributed by atoms with Crippen LogP contribution in [0.4, 0.5) is 0 Å². The minimum Gasteiger partial charge on any atom is -0.376 e. The van der Waals surface area contributed by atoms with E-state index < -0.39 is 0 Å². The molecular formula is C20H18ClN5O2S2. The summed E-state index contributed by atoms with van der Waals surface area (Å²) in [6.07, 6.45) is 3.98. The predicted molar refractivity (Wildman–Crippen MR) is 118 cm³/mol. The average Bonchev–Trinajstić information content (AvgIpc) is 3.49. The van der Waals surface area contributed by atoms with Crippen molar-refractivity contribution < 1.29 is 4.74 Å². The lowest BCUT2D eigenvalue weighted by molar-refractivity contribution is 0.0953. The molecule has 1 saturated heterocycles. The molecule has 4 aromatic rings. The number of benzene rings is 1. The lowest BCUT2D eigenvalue weighted by Gasteiger charge is -2.14. The minimum absolute atomic E-state index is 0.0699. The molecule has 154 valence electrons. The summed E-state index contributed by atoms with van der Waals surface area (Å²) < 4.78 is 9.50. The van der Waals surface area contributed by atoms with Crippen molar-refractivity contribution in [2.45, 2.75) is 36.4 Å². The van der Waals surface area contributed by atoms with Crippen LogP contribution < -0.4 is 5.56 Å². The fourth-order valence-corrected chi connectivity index (χ4v) is 5.17. The van der Waals surface area contributed by atoms with E-state index in [-0.39, 0.29) is 11.7 Å². The highest BCUT2D eigenvalue weighted by Crippen LogP contribution is 2.28. The topological polar surface area (TPSA) is 74.3 Å². The molecule has 0 N–H and O–H groups in total. The zero-order valence-corrected chi connectivity index (χ0v) is 18.3. The smallest absolute Gasteiger partial charge is 0.258 e. The Hall–Kier alpha value is -2.20. The van der Waals surface area contributed by atoms with E-state index in [1.165, 1.54) is 23.1 Å². The van der Waals surface area contributed by atoms with Crippen LogP contribution in [-0.2, 0) is 17.0 Å². The molecule has 1 unspecified atom stereocenters. The second-order valence-electron chi connectivity index (χ2n) is 6.99. The molecule has 0 spiro atoms. The summed E-state index contributed by atoms with van der Waals surface area (Å²) in [6.45, 7) is 1.48. The summed E-state index contributed by atoms with van der Waals surface area (Å²) in [7, 11) is 0. The molecule has 1 aromatic carbocycles. The van der Waals surface area contributed by atoms with Gasteiger partial charge in [-0.2, -0.15) is 0 Å². The maximum atomic E-state index is 12.2. The molecule has 10 heteroatoms. The highest BCUT2D eigenvalue weighted by molar-refractivity contribution is 7.98. The van der Waals surface area contributed by atoms with Gasteiger partial charge >= 0.3 is 0 Å². The van der Waals surface area contributed by atoms with Gasteiger partial charge in [-0.25, -0.2) is 4.98 Å². The van der Waals surface area contributed by atoms with Gasteiger partial charge in [-0.3, -0.25) is 13.8 Å². The molecule has 7 nitrogen and oxygen atoms in total. The molecule has 1 fully saturated rings. The molecule has 0 radical (unpaired) electrons. The Morgan fingerprint density at radius 1 is 1.27 bits per heavy atom. The summed E-state index contributed by atoms with van der Waals surface area (Å²) in [5, 5.41) is 12.2. The standard InChI is InChI=1S/C20H18ClN5O2S2/c21-14-5-3-13(4-6-14)18-23-24-20(26(18)11-16-2-1-8-28-16)30-12-15-10-17(27)25-7-9-29-19(25)22-15/h3-7,9-10,16H,1-2,8,11-12H2. The Bertz CT molecular complexity index is 1230. The number of halogens is 1. The van der Waals surface area contributed by atoms with Crippen LogP contribution in [0.3, 0.4) is 0 Å². The summed E-state index contributed by atoms with van der Waals surface area (Å²) >= 11 is 9.02. The van der Waals surface area contributed by atoms with Crippen molar-refractivity contribution >= 4 is 39.7 Å². The fraction of sp³-hybridized carbons (Fsp3) is 0.300. The SMILES string of the molecule is O=c1cc(CSc2nnc(-c3ccc(Cl)cc3)n2CC2CCCO2)nc2sccn12. The third-order valence-corrected chi connectivity index (χ3v) is 6.94. The molecular weight excluding hydrogens is 442 g/mol. The van der Waals surface area contributed by atoms with E-state index in [1.54, 1.807) is 16.7 Å². The van der Waals surface area contributed by atoms with Gasteiger partial charge in [0.05, 0.1) is 18.3 Å². The van der Waals surface area contributed by atoms with Crippen molar-refractivity contribution in [3.63, 3.8) is 0 Å². The van der Waals surface area contributed by atoms with E-state index in [2.05, 4.69) is 19.7 Å². The quantitative estimate of drug-likeness (QED) is 0.403. The van der Waals surface area contributed by atoms with Crippen LogP contribution in [0.25, 0.3) is 16.3 Å². The van der Waals surface area contributed by atoms with Crippen LogP contribution >= 0.6 is 34.7 Å². The zero-order valence-electron chi connectivity index (χ0n) is 15.9. The van der Waals surface area contributed by atoms with Crippen LogP contribution in [0.15, 0.2) is 51.9 Å².